The van der Waals surface area contributed by atoms with Gasteiger partial charge in [-0.15, -0.1) is 0 Å². The second kappa shape index (κ2) is 43.4. The SMILES string of the molecule is CCCC/C=C\CCCCCCCC(=O)O[C@@H](COC(=O)CCCCCCC/C=C\C/C=C\CCCCC)COC(=O)CCCCCCCCCCCC. The van der Waals surface area contributed by atoms with E-state index < -0.39 is 6.10 Å². The molecule has 0 heterocycles. The van der Waals surface area contributed by atoms with E-state index in [-0.39, 0.29) is 31.1 Å². The highest BCUT2D eigenvalue weighted by atomic mass is 16.6. The Morgan fingerprint density at radius 3 is 1.13 bits per heavy atom. The maximum atomic E-state index is 12.7. The molecule has 0 amide bonds. The van der Waals surface area contributed by atoms with Crippen molar-refractivity contribution < 1.29 is 28.6 Å². The van der Waals surface area contributed by atoms with E-state index in [1.54, 1.807) is 0 Å². The lowest BCUT2D eigenvalue weighted by molar-refractivity contribution is -0.167. The summed E-state index contributed by atoms with van der Waals surface area (Å²) in [5.41, 5.74) is 0. The summed E-state index contributed by atoms with van der Waals surface area (Å²) in [6.07, 6.45) is 48.3. The fraction of sp³-hybridized carbons (Fsp3) is 0.812. The minimum atomic E-state index is -0.776. The minimum Gasteiger partial charge on any atom is -0.462 e. The first-order valence-corrected chi connectivity index (χ1v) is 23.0. The van der Waals surface area contributed by atoms with E-state index in [0.29, 0.717) is 19.3 Å². The van der Waals surface area contributed by atoms with Crippen LogP contribution in [-0.4, -0.2) is 37.2 Å². The van der Waals surface area contributed by atoms with Crippen LogP contribution < -0.4 is 0 Å². The van der Waals surface area contributed by atoms with Crippen LogP contribution in [0.2, 0.25) is 0 Å². The Labute approximate surface area is 334 Å². The Morgan fingerprint density at radius 2 is 0.685 bits per heavy atom. The molecule has 0 aromatic rings. The van der Waals surface area contributed by atoms with Crippen molar-refractivity contribution in [1.82, 2.24) is 0 Å². The number of unbranched alkanes of at least 4 members (excludes halogenated alkanes) is 24. The number of esters is 3. The van der Waals surface area contributed by atoms with Gasteiger partial charge in [-0.3, -0.25) is 14.4 Å². The van der Waals surface area contributed by atoms with E-state index >= 15 is 0 Å². The minimum absolute atomic E-state index is 0.0783. The zero-order chi connectivity index (χ0) is 39.4. The quantitative estimate of drug-likeness (QED) is 0.0267. The van der Waals surface area contributed by atoms with Gasteiger partial charge in [-0.1, -0.05) is 179 Å². The van der Waals surface area contributed by atoms with Gasteiger partial charge < -0.3 is 14.2 Å². The van der Waals surface area contributed by atoms with Crippen LogP contribution in [-0.2, 0) is 28.6 Å². The molecular weight excluding hydrogens is 673 g/mol. The molecule has 0 aromatic carbocycles. The van der Waals surface area contributed by atoms with Gasteiger partial charge in [0.05, 0.1) is 0 Å². The van der Waals surface area contributed by atoms with Crippen LogP contribution in [0.25, 0.3) is 0 Å². The summed E-state index contributed by atoms with van der Waals surface area (Å²) < 4.78 is 16.7. The molecule has 1 atom stereocenters. The van der Waals surface area contributed by atoms with Crippen LogP contribution in [0.4, 0.5) is 0 Å². The van der Waals surface area contributed by atoms with Gasteiger partial charge in [-0.25, -0.2) is 0 Å². The van der Waals surface area contributed by atoms with E-state index in [9.17, 15) is 14.4 Å². The molecule has 0 saturated carbocycles. The molecule has 0 radical (unpaired) electrons. The molecule has 6 heteroatoms. The number of hydrogen-bond acceptors (Lipinski definition) is 6. The normalized spacial score (nSPS) is 12.3. The molecule has 0 aliphatic rings. The first-order valence-electron chi connectivity index (χ1n) is 23.0. The van der Waals surface area contributed by atoms with Crippen LogP contribution in [0, 0.1) is 0 Å². The van der Waals surface area contributed by atoms with Gasteiger partial charge in [0.2, 0.25) is 0 Å². The van der Waals surface area contributed by atoms with Crippen molar-refractivity contribution in [2.75, 3.05) is 13.2 Å². The van der Waals surface area contributed by atoms with Crippen molar-refractivity contribution in [2.45, 2.75) is 239 Å². The van der Waals surface area contributed by atoms with Gasteiger partial charge in [0, 0.05) is 19.3 Å². The maximum Gasteiger partial charge on any atom is 0.306 e. The molecule has 0 spiro atoms. The third-order valence-electron chi connectivity index (χ3n) is 9.87. The summed E-state index contributed by atoms with van der Waals surface area (Å²) >= 11 is 0. The molecule has 6 nitrogen and oxygen atoms in total. The number of allylic oxidation sites excluding steroid dienone is 6. The maximum absolute atomic E-state index is 12.7. The first-order chi connectivity index (χ1) is 26.5. The largest absolute Gasteiger partial charge is 0.462 e. The fourth-order valence-corrected chi connectivity index (χ4v) is 6.33. The van der Waals surface area contributed by atoms with E-state index in [1.807, 2.05) is 0 Å². The molecule has 0 fully saturated rings. The fourth-order valence-electron chi connectivity index (χ4n) is 6.33. The third-order valence-corrected chi connectivity index (χ3v) is 9.87. The van der Waals surface area contributed by atoms with Crippen LogP contribution in [0.15, 0.2) is 36.5 Å². The van der Waals surface area contributed by atoms with Crippen LogP contribution >= 0.6 is 0 Å². The number of ether oxygens (including phenoxy) is 3. The number of carbonyl (C=O) groups excluding carboxylic acids is 3. The lowest BCUT2D eigenvalue weighted by Gasteiger charge is -2.18. The van der Waals surface area contributed by atoms with Crippen molar-refractivity contribution >= 4 is 17.9 Å². The molecule has 0 aromatic heterocycles. The molecule has 0 bridgehead atoms. The van der Waals surface area contributed by atoms with E-state index in [0.717, 1.165) is 89.9 Å². The molecule has 314 valence electrons. The summed E-state index contributed by atoms with van der Waals surface area (Å²) in [6.45, 7) is 6.54. The van der Waals surface area contributed by atoms with Gasteiger partial charge >= 0.3 is 17.9 Å². The number of hydrogen-bond donors (Lipinski definition) is 0. The van der Waals surface area contributed by atoms with Crippen LogP contribution in [0.5, 0.6) is 0 Å². The average molecular weight is 759 g/mol. The Bertz CT molecular complexity index is 922. The summed E-state index contributed by atoms with van der Waals surface area (Å²) in [6, 6.07) is 0. The second-order valence-corrected chi connectivity index (χ2v) is 15.3. The highest BCUT2D eigenvalue weighted by Crippen LogP contribution is 2.14. The average Bonchev–Trinajstić information content (AvgIpc) is 3.17. The molecule has 0 saturated heterocycles. The van der Waals surface area contributed by atoms with E-state index in [2.05, 4.69) is 57.2 Å². The van der Waals surface area contributed by atoms with Crippen molar-refractivity contribution in [3.63, 3.8) is 0 Å². The zero-order valence-corrected chi connectivity index (χ0v) is 35.7. The Balaban J connectivity index is 4.37. The number of carbonyl (C=O) groups is 3. The third kappa shape index (κ3) is 40.8. The monoisotopic (exact) mass is 759 g/mol. The van der Waals surface area contributed by atoms with Crippen molar-refractivity contribution in [2.24, 2.45) is 0 Å². The van der Waals surface area contributed by atoms with Crippen LogP contribution in [0.3, 0.4) is 0 Å². The molecule has 0 aliphatic heterocycles. The lowest BCUT2D eigenvalue weighted by Crippen LogP contribution is -2.30. The van der Waals surface area contributed by atoms with Gasteiger partial charge in [0.15, 0.2) is 6.10 Å². The van der Waals surface area contributed by atoms with E-state index in [1.165, 1.54) is 103 Å². The molecule has 0 unspecified atom stereocenters. The summed E-state index contributed by atoms with van der Waals surface area (Å²) in [5, 5.41) is 0. The topological polar surface area (TPSA) is 78.9 Å². The summed E-state index contributed by atoms with van der Waals surface area (Å²) in [5.74, 6) is -0.903. The predicted molar refractivity (Wildman–Crippen MR) is 229 cm³/mol. The molecule has 0 N–H and O–H groups in total. The van der Waals surface area contributed by atoms with Crippen molar-refractivity contribution in [3.8, 4) is 0 Å². The summed E-state index contributed by atoms with van der Waals surface area (Å²) in [7, 11) is 0. The Hall–Kier alpha value is -2.37. The summed E-state index contributed by atoms with van der Waals surface area (Å²) in [4.78, 5) is 37.7. The van der Waals surface area contributed by atoms with Gasteiger partial charge in [-0.2, -0.15) is 0 Å². The Kier molecular flexibility index (Phi) is 41.5. The zero-order valence-electron chi connectivity index (χ0n) is 35.7. The van der Waals surface area contributed by atoms with Crippen molar-refractivity contribution in [1.29, 1.82) is 0 Å². The molecule has 0 rings (SSSR count). The van der Waals surface area contributed by atoms with Gasteiger partial charge in [-0.05, 0) is 70.6 Å². The van der Waals surface area contributed by atoms with E-state index in [4.69, 9.17) is 14.2 Å². The molecular formula is C48H86O6. The van der Waals surface area contributed by atoms with Crippen molar-refractivity contribution in [3.05, 3.63) is 36.5 Å². The first kappa shape index (κ1) is 51.6. The predicted octanol–water partition coefficient (Wildman–Crippen LogP) is 14.6. The van der Waals surface area contributed by atoms with Gasteiger partial charge in [0.25, 0.3) is 0 Å². The lowest BCUT2D eigenvalue weighted by atomic mass is 10.1. The highest BCUT2D eigenvalue weighted by molar-refractivity contribution is 5.71. The highest BCUT2D eigenvalue weighted by Gasteiger charge is 2.19. The molecule has 0 aliphatic carbocycles. The molecule has 54 heavy (non-hydrogen) atoms. The van der Waals surface area contributed by atoms with Crippen LogP contribution in [0.1, 0.15) is 233 Å². The standard InChI is InChI=1S/C48H86O6/c1-4-7-10-13-16-19-22-23-24-25-27-29-32-35-38-41-47(50)53-44-45(43-52-46(49)40-37-34-31-28-21-18-15-12-9-6-3)54-48(51)42-39-36-33-30-26-20-17-14-11-8-5-2/h14,16-17,19,23-24,45H,4-13,15,18,20-22,25-44H2,1-3H3/b17-14-,19-16-,24-23-/t45-/m1/s1. The smallest absolute Gasteiger partial charge is 0.306 e. The Morgan fingerprint density at radius 1 is 0.370 bits per heavy atom. The van der Waals surface area contributed by atoms with Gasteiger partial charge in [0.1, 0.15) is 13.2 Å². The number of rotatable bonds is 41. The second-order valence-electron chi connectivity index (χ2n) is 15.3.